The Morgan fingerprint density at radius 2 is 2.16 bits per heavy atom. The lowest BCUT2D eigenvalue weighted by atomic mass is 9.85. The summed E-state index contributed by atoms with van der Waals surface area (Å²) in [7, 11) is 1.60. The predicted molar refractivity (Wildman–Crippen MR) is 119 cm³/mol. The summed E-state index contributed by atoms with van der Waals surface area (Å²) in [6, 6.07) is 9.49. The molecule has 0 aliphatic carbocycles. The Balaban J connectivity index is 1.44. The fraction of sp³-hybridized carbons (Fsp3) is 0.227. The number of pyridine rings is 1. The first-order valence-electron chi connectivity index (χ1n) is 10.1. The SMILES string of the molecule is COc1cc(-n2cncn2)ccc1Nc1nccc(-c2cnc3c(c2)C(C)(CO)CN3)n1. The van der Waals surface area contributed by atoms with Gasteiger partial charge in [-0.15, -0.1) is 0 Å². The molecule has 162 valence electrons. The summed E-state index contributed by atoms with van der Waals surface area (Å²) in [5.74, 6) is 1.85. The Hall–Kier alpha value is -4.05. The molecule has 0 bridgehead atoms. The Kier molecular flexibility index (Phi) is 4.91. The fourth-order valence-electron chi connectivity index (χ4n) is 3.69. The first kappa shape index (κ1) is 19.9. The van der Waals surface area contributed by atoms with Gasteiger partial charge in [-0.3, -0.25) is 0 Å². The van der Waals surface area contributed by atoms with Crippen LogP contribution in [0, 0.1) is 0 Å². The maximum Gasteiger partial charge on any atom is 0.227 e. The van der Waals surface area contributed by atoms with E-state index in [0.717, 1.165) is 34.0 Å². The van der Waals surface area contributed by atoms with Crippen LogP contribution in [-0.4, -0.2) is 55.1 Å². The van der Waals surface area contributed by atoms with Gasteiger partial charge in [0.15, 0.2) is 0 Å². The van der Waals surface area contributed by atoms with Gasteiger partial charge in [-0.25, -0.2) is 24.6 Å². The van der Waals surface area contributed by atoms with Crippen LogP contribution >= 0.6 is 0 Å². The van der Waals surface area contributed by atoms with Crippen LogP contribution in [0.2, 0.25) is 0 Å². The van der Waals surface area contributed by atoms with E-state index in [9.17, 15) is 5.11 Å². The molecule has 0 saturated carbocycles. The van der Waals surface area contributed by atoms with Gasteiger partial charge in [0.25, 0.3) is 0 Å². The fourth-order valence-corrected chi connectivity index (χ4v) is 3.69. The number of aliphatic hydroxyl groups excluding tert-OH is 1. The number of aromatic nitrogens is 6. The molecule has 0 saturated heterocycles. The van der Waals surface area contributed by atoms with Crippen LogP contribution in [-0.2, 0) is 5.41 Å². The van der Waals surface area contributed by atoms with E-state index in [1.54, 1.807) is 30.5 Å². The monoisotopic (exact) mass is 430 g/mol. The van der Waals surface area contributed by atoms with Crippen molar-refractivity contribution in [3.8, 4) is 22.7 Å². The molecule has 0 radical (unpaired) electrons. The number of benzene rings is 1. The second-order valence-corrected chi connectivity index (χ2v) is 7.81. The van der Waals surface area contributed by atoms with Gasteiger partial charge in [0.05, 0.1) is 30.8 Å². The maximum absolute atomic E-state index is 9.85. The minimum Gasteiger partial charge on any atom is -0.494 e. The molecule has 3 N–H and O–H groups in total. The van der Waals surface area contributed by atoms with Gasteiger partial charge < -0.3 is 20.5 Å². The second kappa shape index (κ2) is 7.89. The van der Waals surface area contributed by atoms with Gasteiger partial charge in [-0.05, 0) is 24.3 Å². The molecule has 10 nitrogen and oxygen atoms in total. The second-order valence-electron chi connectivity index (χ2n) is 7.81. The van der Waals surface area contributed by atoms with Crippen LogP contribution in [0.15, 0.2) is 55.4 Å². The van der Waals surface area contributed by atoms with Crippen molar-refractivity contribution < 1.29 is 9.84 Å². The van der Waals surface area contributed by atoms with Gasteiger partial charge in [0.2, 0.25) is 5.95 Å². The summed E-state index contributed by atoms with van der Waals surface area (Å²) in [6.45, 7) is 2.70. The number of hydrogen-bond donors (Lipinski definition) is 3. The highest BCUT2D eigenvalue weighted by Gasteiger charge is 2.35. The molecule has 1 aromatic carbocycles. The topological polar surface area (TPSA) is 123 Å². The molecule has 1 aliphatic heterocycles. The van der Waals surface area contributed by atoms with E-state index in [4.69, 9.17) is 4.74 Å². The number of anilines is 3. The number of nitrogens with zero attached hydrogens (tertiary/aromatic N) is 6. The van der Waals surface area contributed by atoms with Gasteiger partial charge in [-0.1, -0.05) is 6.92 Å². The van der Waals surface area contributed by atoms with Crippen LogP contribution in [0.1, 0.15) is 12.5 Å². The standard InChI is InChI=1S/C22H22N8O2/c1-22(11-31)10-26-20-16(22)7-14(9-25-20)17-5-6-24-21(28-17)29-18-4-3-15(8-19(18)32-2)30-13-23-12-27-30/h3-9,12-13,31H,10-11H2,1-2H3,(H,25,26)(H,24,28,29). The molecular formula is C22H22N8O2. The maximum atomic E-state index is 9.85. The smallest absolute Gasteiger partial charge is 0.227 e. The number of nitrogens with one attached hydrogen (secondary N) is 2. The number of hydrogen-bond acceptors (Lipinski definition) is 9. The van der Waals surface area contributed by atoms with Crippen LogP contribution in [0.25, 0.3) is 16.9 Å². The molecule has 1 aliphatic rings. The number of rotatable bonds is 6. The van der Waals surface area contributed by atoms with E-state index in [-0.39, 0.29) is 12.0 Å². The van der Waals surface area contributed by atoms with Gasteiger partial charge in [-0.2, -0.15) is 5.10 Å². The predicted octanol–water partition coefficient (Wildman–Crippen LogP) is 2.55. The van der Waals surface area contributed by atoms with Crippen molar-refractivity contribution in [1.82, 2.24) is 29.7 Å². The van der Waals surface area contributed by atoms with Crippen molar-refractivity contribution in [1.29, 1.82) is 0 Å². The summed E-state index contributed by atoms with van der Waals surface area (Å²) in [5.41, 5.74) is 3.73. The summed E-state index contributed by atoms with van der Waals surface area (Å²) in [4.78, 5) is 17.5. The van der Waals surface area contributed by atoms with E-state index in [0.29, 0.717) is 18.2 Å². The van der Waals surface area contributed by atoms with Crippen molar-refractivity contribution in [3.05, 3.63) is 60.9 Å². The zero-order valence-corrected chi connectivity index (χ0v) is 17.6. The first-order chi connectivity index (χ1) is 15.6. The van der Waals surface area contributed by atoms with Gasteiger partial charge in [0, 0.05) is 41.5 Å². The molecule has 1 unspecified atom stereocenters. The van der Waals surface area contributed by atoms with Crippen LogP contribution in [0.3, 0.4) is 0 Å². The molecule has 3 aromatic heterocycles. The highest BCUT2D eigenvalue weighted by Crippen LogP contribution is 2.37. The molecule has 32 heavy (non-hydrogen) atoms. The summed E-state index contributed by atoms with van der Waals surface area (Å²) < 4.78 is 7.19. The molecular weight excluding hydrogens is 408 g/mol. The first-order valence-corrected chi connectivity index (χ1v) is 10.1. The van der Waals surface area contributed by atoms with Crippen molar-refractivity contribution in [2.24, 2.45) is 0 Å². The molecule has 1 atom stereocenters. The highest BCUT2D eigenvalue weighted by atomic mass is 16.5. The molecule has 5 rings (SSSR count). The summed E-state index contributed by atoms with van der Waals surface area (Å²) >= 11 is 0. The minimum absolute atomic E-state index is 0.0408. The quantitative estimate of drug-likeness (QED) is 0.423. The summed E-state index contributed by atoms with van der Waals surface area (Å²) in [5, 5.41) is 20.5. The third-order valence-electron chi connectivity index (χ3n) is 5.60. The lowest BCUT2D eigenvalue weighted by Crippen LogP contribution is -2.28. The van der Waals surface area contributed by atoms with Crippen LogP contribution in [0.5, 0.6) is 5.75 Å². The van der Waals surface area contributed by atoms with E-state index >= 15 is 0 Å². The number of methoxy groups -OCH3 is 1. The van der Waals surface area contributed by atoms with Crippen molar-refractivity contribution in [2.75, 3.05) is 30.9 Å². The Morgan fingerprint density at radius 1 is 1.25 bits per heavy atom. The number of aliphatic hydroxyl groups is 1. The van der Waals surface area contributed by atoms with E-state index < -0.39 is 0 Å². The summed E-state index contributed by atoms with van der Waals surface area (Å²) in [6.07, 6.45) is 6.56. The molecule has 10 heteroatoms. The van der Waals surface area contributed by atoms with Crippen LogP contribution < -0.4 is 15.4 Å². The zero-order chi connectivity index (χ0) is 22.1. The molecule has 4 aromatic rings. The average Bonchev–Trinajstić information content (AvgIpc) is 3.48. The van der Waals surface area contributed by atoms with Gasteiger partial charge >= 0.3 is 0 Å². The number of fused-ring (bicyclic) bond motifs is 1. The highest BCUT2D eigenvalue weighted by molar-refractivity contribution is 5.69. The van der Waals surface area contributed by atoms with Gasteiger partial charge in [0.1, 0.15) is 24.2 Å². The largest absolute Gasteiger partial charge is 0.494 e. The van der Waals surface area contributed by atoms with Crippen molar-refractivity contribution in [2.45, 2.75) is 12.3 Å². The minimum atomic E-state index is -0.369. The van der Waals surface area contributed by atoms with E-state index in [1.165, 1.54) is 6.33 Å². The molecule has 0 fully saturated rings. The lowest BCUT2D eigenvalue weighted by molar-refractivity contribution is 0.218. The Bertz CT molecular complexity index is 1260. The zero-order valence-electron chi connectivity index (χ0n) is 17.6. The lowest BCUT2D eigenvalue weighted by Gasteiger charge is -2.20. The average molecular weight is 430 g/mol. The normalized spacial score (nSPS) is 17.0. The van der Waals surface area contributed by atoms with E-state index in [1.807, 2.05) is 37.3 Å². The van der Waals surface area contributed by atoms with Crippen molar-refractivity contribution >= 4 is 17.5 Å². The Labute approximate surface area is 184 Å². The van der Waals surface area contributed by atoms with Crippen molar-refractivity contribution in [3.63, 3.8) is 0 Å². The Morgan fingerprint density at radius 3 is 2.94 bits per heavy atom. The molecule has 0 spiro atoms. The third kappa shape index (κ3) is 3.50. The molecule has 0 amide bonds. The van der Waals surface area contributed by atoms with E-state index in [2.05, 4.69) is 35.7 Å². The molecule has 4 heterocycles. The van der Waals surface area contributed by atoms with Crippen LogP contribution in [0.4, 0.5) is 17.5 Å². The number of ether oxygens (including phenoxy) is 1. The third-order valence-corrected chi connectivity index (χ3v) is 5.60.